The Balaban J connectivity index is 2.12. The van der Waals surface area contributed by atoms with Crippen molar-refractivity contribution in [2.45, 2.75) is 6.54 Å². The molecule has 1 N–H and O–H groups in total. The molecule has 1 aromatic heterocycles. The number of nitriles is 1. The smallest absolute Gasteiger partial charge is 0.145 e. The van der Waals surface area contributed by atoms with E-state index >= 15 is 0 Å². The monoisotopic (exact) mass is 261 g/mol. The molecule has 0 amide bonds. The van der Waals surface area contributed by atoms with Crippen LogP contribution in [0, 0.1) is 17.1 Å². The van der Waals surface area contributed by atoms with Gasteiger partial charge in [-0.25, -0.2) is 9.37 Å². The van der Waals surface area contributed by atoms with Gasteiger partial charge in [-0.1, -0.05) is 17.7 Å². The molecule has 90 valence electrons. The fourth-order valence-electron chi connectivity index (χ4n) is 1.49. The van der Waals surface area contributed by atoms with Gasteiger partial charge in [-0.3, -0.25) is 0 Å². The molecule has 0 radical (unpaired) electrons. The highest BCUT2D eigenvalue weighted by Crippen LogP contribution is 2.20. The van der Waals surface area contributed by atoms with Gasteiger partial charge in [0.25, 0.3) is 0 Å². The second-order valence-corrected chi connectivity index (χ2v) is 4.01. The summed E-state index contributed by atoms with van der Waals surface area (Å²) in [4.78, 5) is 3.95. The van der Waals surface area contributed by atoms with Gasteiger partial charge in [0.05, 0.1) is 5.02 Å². The van der Waals surface area contributed by atoms with Crippen molar-refractivity contribution < 1.29 is 4.39 Å². The third kappa shape index (κ3) is 2.76. The Morgan fingerprint density at radius 1 is 1.39 bits per heavy atom. The van der Waals surface area contributed by atoms with Crippen LogP contribution >= 0.6 is 11.6 Å². The number of benzene rings is 1. The highest BCUT2D eigenvalue weighted by Gasteiger charge is 2.03. The minimum Gasteiger partial charge on any atom is -0.381 e. The average molecular weight is 262 g/mol. The predicted molar refractivity (Wildman–Crippen MR) is 67.7 cm³/mol. The zero-order valence-corrected chi connectivity index (χ0v) is 10.1. The molecule has 0 aliphatic rings. The molecule has 3 nitrogen and oxygen atoms in total. The van der Waals surface area contributed by atoms with Crippen molar-refractivity contribution in [3.05, 3.63) is 58.6 Å². The molecule has 18 heavy (non-hydrogen) atoms. The zero-order valence-electron chi connectivity index (χ0n) is 9.32. The summed E-state index contributed by atoms with van der Waals surface area (Å²) < 4.78 is 13.0. The standard InChI is InChI=1S/C13H9ClFN3/c14-11-6-10(3-4-12(11)15)18-8-9-2-1-5-17-13(9)7-16/h1-6,18H,8H2. The van der Waals surface area contributed by atoms with Crippen molar-refractivity contribution in [1.82, 2.24) is 4.98 Å². The van der Waals surface area contributed by atoms with E-state index in [4.69, 9.17) is 16.9 Å². The summed E-state index contributed by atoms with van der Waals surface area (Å²) in [7, 11) is 0. The van der Waals surface area contributed by atoms with E-state index < -0.39 is 5.82 Å². The Labute approximate surface area is 109 Å². The molecule has 5 heteroatoms. The van der Waals surface area contributed by atoms with Gasteiger partial charge in [0.1, 0.15) is 17.6 Å². The molecule has 0 saturated heterocycles. The van der Waals surface area contributed by atoms with E-state index in [0.29, 0.717) is 17.9 Å². The molecule has 0 spiro atoms. The number of nitrogens with one attached hydrogen (secondary N) is 1. The first-order chi connectivity index (χ1) is 8.70. The van der Waals surface area contributed by atoms with E-state index in [1.807, 2.05) is 12.1 Å². The Morgan fingerprint density at radius 3 is 2.94 bits per heavy atom. The van der Waals surface area contributed by atoms with Crippen molar-refractivity contribution >= 4 is 17.3 Å². The summed E-state index contributed by atoms with van der Waals surface area (Å²) in [6.45, 7) is 0.429. The van der Waals surface area contributed by atoms with Crippen LogP contribution in [-0.4, -0.2) is 4.98 Å². The second-order valence-electron chi connectivity index (χ2n) is 3.61. The first-order valence-electron chi connectivity index (χ1n) is 5.23. The van der Waals surface area contributed by atoms with Gasteiger partial charge in [-0.2, -0.15) is 5.26 Å². The Kier molecular flexibility index (Phi) is 3.75. The predicted octanol–water partition coefficient (Wildman–Crippen LogP) is 3.36. The molecule has 0 unspecified atom stereocenters. The summed E-state index contributed by atoms with van der Waals surface area (Å²) in [6.07, 6.45) is 1.57. The molecule has 0 bridgehead atoms. The molecule has 2 aromatic rings. The molecule has 1 aromatic carbocycles. The van der Waals surface area contributed by atoms with Crippen molar-refractivity contribution in [3.63, 3.8) is 0 Å². The van der Waals surface area contributed by atoms with Crippen molar-refractivity contribution in [2.75, 3.05) is 5.32 Å². The first-order valence-corrected chi connectivity index (χ1v) is 5.61. The third-order valence-corrected chi connectivity index (χ3v) is 2.69. The van der Waals surface area contributed by atoms with Crippen molar-refractivity contribution in [3.8, 4) is 6.07 Å². The minimum atomic E-state index is -0.457. The van der Waals surface area contributed by atoms with Crippen LogP contribution in [0.4, 0.5) is 10.1 Å². The van der Waals surface area contributed by atoms with Crippen LogP contribution in [0.1, 0.15) is 11.3 Å². The topological polar surface area (TPSA) is 48.7 Å². The number of hydrogen-bond donors (Lipinski definition) is 1. The Hall–Kier alpha value is -2.12. The molecule has 0 saturated carbocycles. The van der Waals surface area contributed by atoms with Crippen molar-refractivity contribution in [2.24, 2.45) is 0 Å². The van der Waals surface area contributed by atoms with Gasteiger partial charge in [-0.15, -0.1) is 0 Å². The number of hydrogen-bond acceptors (Lipinski definition) is 3. The van der Waals surface area contributed by atoms with Crippen LogP contribution in [-0.2, 0) is 6.54 Å². The lowest BCUT2D eigenvalue weighted by Crippen LogP contribution is -2.02. The van der Waals surface area contributed by atoms with Gasteiger partial charge in [0.15, 0.2) is 0 Å². The number of rotatable bonds is 3. The normalized spacial score (nSPS) is 9.83. The fourth-order valence-corrected chi connectivity index (χ4v) is 1.67. The lowest BCUT2D eigenvalue weighted by molar-refractivity contribution is 0.628. The largest absolute Gasteiger partial charge is 0.381 e. The van der Waals surface area contributed by atoms with Crippen LogP contribution in [0.2, 0.25) is 5.02 Å². The molecule has 2 rings (SSSR count). The Bertz CT molecular complexity index is 607. The number of pyridine rings is 1. The van der Waals surface area contributed by atoms with Gasteiger partial charge in [0, 0.05) is 24.0 Å². The van der Waals surface area contributed by atoms with Gasteiger partial charge >= 0.3 is 0 Å². The highest BCUT2D eigenvalue weighted by molar-refractivity contribution is 6.31. The minimum absolute atomic E-state index is 0.0618. The second kappa shape index (κ2) is 5.48. The van der Waals surface area contributed by atoms with Gasteiger partial charge in [-0.05, 0) is 24.3 Å². The summed E-state index contributed by atoms with van der Waals surface area (Å²) >= 11 is 5.67. The molecule has 1 heterocycles. The van der Waals surface area contributed by atoms with E-state index in [-0.39, 0.29) is 5.02 Å². The van der Waals surface area contributed by atoms with E-state index in [1.54, 1.807) is 18.3 Å². The maximum Gasteiger partial charge on any atom is 0.145 e. The summed E-state index contributed by atoms with van der Waals surface area (Å²) in [5.74, 6) is -0.457. The van der Waals surface area contributed by atoms with Crippen LogP contribution in [0.3, 0.4) is 0 Å². The van der Waals surface area contributed by atoms with Gasteiger partial charge < -0.3 is 5.32 Å². The highest BCUT2D eigenvalue weighted by atomic mass is 35.5. The number of nitrogens with zero attached hydrogens (tertiary/aromatic N) is 2. The van der Waals surface area contributed by atoms with Crippen LogP contribution in [0.25, 0.3) is 0 Å². The number of aromatic nitrogens is 1. The molecule has 0 fully saturated rings. The molecular weight excluding hydrogens is 253 g/mol. The summed E-state index contributed by atoms with van der Waals surface area (Å²) in [5, 5.41) is 12.0. The molecule has 0 aliphatic heterocycles. The average Bonchev–Trinajstić information content (AvgIpc) is 2.40. The first kappa shape index (κ1) is 12.3. The SMILES string of the molecule is N#Cc1ncccc1CNc1ccc(F)c(Cl)c1. The van der Waals surface area contributed by atoms with Crippen molar-refractivity contribution in [1.29, 1.82) is 5.26 Å². The van der Waals surface area contributed by atoms with Crippen LogP contribution in [0.15, 0.2) is 36.5 Å². The van der Waals surface area contributed by atoms with E-state index in [2.05, 4.69) is 10.3 Å². The van der Waals surface area contributed by atoms with E-state index in [1.165, 1.54) is 12.1 Å². The quantitative estimate of drug-likeness (QED) is 0.922. The third-order valence-electron chi connectivity index (χ3n) is 2.40. The maximum absolute atomic E-state index is 13.0. The lowest BCUT2D eigenvalue weighted by atomic mass is 10.2. The van der Waals surface area contributed by atoms with Crippen LogP contribution < -0.4 is 5.32 Å². The molecular formula is C13H9ClFN3. The number of anilines is 1. The summed E-state index contributed by atoms with van der Waals surface area (Å²) in [6, 6.07) is 9.96. The molecule has 0 atom stereocenters. The fraction of sp³-hybridized carbons (Fsp3) is 0.0769. The summed E-state index contributed by atoms with van der Waals surface area (Å²) in [5.41, 5.74) is 1.84. The van der Waals surface area contributed by atoms with Crippen LogP contribution in [0.5, 0.6) is 0 Å². The van der Waals surface area contributed by atoms with Gasteiger partial charge in [0.2, 0.25) is 0 Å². The maximum atomic E-state index is 13.0. The van der Waals surface area contributed by atoms with E-state index in [0.717, 1.165) is 5.56 Å². The molecule has 0 aliphatic carbocycles. The number of halogens is 2. The lowest BCUT2D eigenvalue weighted by Gasteiger charge is -2.07. The Morgan fingerprint density at radius 2 is 2.22 bits per heavy atom. The van der Waals surface area contributed by atoms with E-state index in [9.17, 15) is 4.39 Å². The zero-order chi connectivity index (χ0) is 13.0.